The smallest absolute Gasteiger partial charge is 0.127 e. The van der Waals surface area contributed by atoms with Crippen molar-refractivity contribution in [2.45, 2.75) is 19.8 Å². The first-order valence-corrected chi connectivity index (χ1v) is 6.06. The average molecular weight is 273 g/mol. The molecular formula is C11H17BrN2O. The molecule has 0 aliphatic rings. The van der Waals surface area contributed by atoms with E-state index in [0.717, 1.165) is 43.0 Å². The molecule has 0 unspecified atom stereocenters. The number of pyridine rings is 1. The Morgan fingerprint density at radius 1 is 1.40 bits per heavy atom. The number of nitrogens with zero attached hydrogens (tertiary/aromatic N) is 1. The molecule has 0 fully saturated rings. The number of hydrogen-bond acceptors (Lipinski definition) is 3. The number of nitrogens with one attached hydrogen (secondary N) is 1. The van der Waals surface area contributed by atoms with Crippen molar-refractivity contribution in [1.29, 1.82) is 0 Å². The summed E-state index contributed by atoms with van der Waals surface area (Å²) in [4.78, 5) is 4.27. The fourth-order valence-corrected chi connectivity index (χ4v) is 1.49. The molecular weight excluding hydrogens is 256 g/mol. The first-order valence-electron chi connectivity index (χ1n) is 5.27. The number of anilines is 1. The lowest BCUT2D eigenvalue weighted by Crippen LogP contribution is -2.07. The van der Waals surface area contributed by atoms with Gasteiger partial charge in [-0.25, -0.2) is 4.98 Å². The van der Waals surface area contributed by atoms with Crippen molar-refractivity contribution in [2.75, 3.05) is 25.1 Å². The van der Waals surface area contributed by atoms with Crippen LogP contribution in [0.3, 0.4) is 0 Å². The zero-order chi connectivity index (χ0) is 10.9. The third-order valence-electron chi connectivity index (χ3n) is 1.84. The molecule has 1 aromatic heterocycles. The van der Waals surface area contributed by atoms with Crippen molar-refractivity contribution in [2.24, 2.45) is 0 Å². The lowest BCUT2D eigenvalue weighted by Gasteiger charge is -2.05. The third kappa shape index (κ3) is 5.74. The van der Waals surface area contributed by atoms with Crippen LogP contribution in [-0.2, 0) is 4.74 Å². The number of hydrogen-bond donors (Lipinski definition) is 1. The summed E-state index contributed by atoms with van der Waals surface area (Å²) in [5, 5.41) is 3.24. The van der Waals surface area contributed by atoms with Gasteiger partial charge in [-0.15, -0.1) is 0 Å². The van der Waals surface area contributed by atoms with E-state index in [1.54, 1.807) is 0 Å². The van der Waals surface area contributed by atoms with Crippen LogP contribution in [0.5, 0.6) is 0 Å². The molecule has 0 saturated carbocycles. The first kappa shape index (κ1) is 12.5. The number of rotatable bonds is 7. The second kappa shape index (κ2) is 7.65. The van der Waals surface area contributed by atoms with Crippen molar-refractivity contribution in [3.8, 4) is 0 Å². The summed E-state index contributed by atoms with van der Waals surface area (Å²) >= 11 is 3.33. The van der Waals surface area contributed by atoms with Crippen LogP contribution >= 0.6 is 15.9 Å². The Labute approximate surface area is 99.4 Å². The Kier molecular flexibility index (Phi) is 6.36. The number of ether oxygens (including phenoxy) is 1. The molecule has 0 saturated heterocycles. The van der Waals surface area contributed by atoms with Gasteiger partial charge >= 0.3 is 0 Å². The van der Waals surface area contributed by atoms with Crippen LogP contribution in [0.4, 0.5) is 5.82 Å². The fraction of sp³-hybridized carbons (Fsp3) is 0.545. The third-order valence-corrected chi connectivity index (χ3v) is 2.28. The summed E-state index contributed by atoms with van der Waals surface area (Å²) in [5.74, 6) is 0.903. The predicted octanol–water partition coefficient (Wildman–Crippen LogP) is 3.07. The monoisotopic (exact) mass is 272 g/mol. The highest BCUT2D eigenvalue weighted by molar-refractivity contribution is 9.10. The van der Waals surface area contributed by atoms with Gasteiger partial charge in [-0.3, -0.25) is 0 Å². The van der Waals surface area contributed by atoms with Gasteiger partial charge in [-0.2, -0.15) is 0 Å². The SMILES string of the molecule is CCCOCCCNc1cccc(Br)n1. The molecule has 0 aliphatic heterocycles. The summed E-state index contributed by atoms with van der Waals surface area (Å²) in [6.07, 6.45) is 2.09. The molecule has 1 aromatic rings. The van der Waals surface area contributed by atoms with Gasteiger partial charge in [0, 0.05) is 19.8 Å². The van der Waals surface area contributed by atoms with E-state index in [9.17, 15) is 0 Å². The van der Waals surface area contributed by atoms with E-state index in [0.29, 0.717) is 0 Å². The van der Waals surface area contributed by atoms with Crippen molar-refractivity contribution >= 4 is 21.7 Å². The van der Waals surface area contributed by atoms with Gasteiger partial charge in [0.25, 0.3) is 0 Å². The maximum absolute atomic E-state index is 5.37. The Morgan fingerprint density at radius 2 is 2.27 bits per heavy atom. The molecule has 1 rings (SSSR count). The molecule has 3 nitrogen and oxygen atoms in total. The Balaban J connectivity index is 2.10. The maximum atomic E-state index is 5.37. The quantitative estimate of drug-likeness (QED) is 0.612. The number of halogens is 1. The molecule has 4 heteroatoms. The Bertz CT molecular complexity index is 281. The standard InChI is InChI=1S/C11H17BrN2O/c1-2-8-15-9-4-7-13-11-6-3-5-10(12)14-11/h3,5-6H,2,4,7-9H2,1H3,(H,13,14). The van der Waals surface area contributed by atoms with Crippen LogP contribution in [0.15, 0.2) is 22.8 Å². The van der Waals surface area contributed by atoms with E-state index < -0.39 is 0 Å². The minimum Gasteiger partial charge on any atom is -0.381 e. The van der Waals surface area contributed by atoms with Crippen LogP contribution in [0.1, 0.15) is 19.8 Å². The topological polar surface area (TPSA) is 34.1 Å². The summed E-state index contributed by atoms with van der Waals surface area (Å²) in [6.45, 7) is 4.68. The van der Waals surface area contributed by atoms with Crippen molar-refractivity contribution in [1.82, 2.24) is 4.98 Å². The molecule has 15 heavy (non-hydrogen) atoms. The largest absolute Gasteiger partial charge is 0.381 e. The highest BCUT2D eigenvalue weighted by atomic mass is 79.9. The van der Waals surface area contributed by atoms with E-state index >= 15 is 0 Å². The second-order valence-electron chi connectivity index (χ2n) is 3.24. The van der Waals surface area contributed by atoms with Gasteiger partial charge in [0.2, 0.25) is 0 Å². The second-order valence-corrected chi connectivity index (χ2v) is 4.05. The molecule has 84 valence electrons. The molecule has 0 bridgehead atoms. The van der Waals surface area contributed by atoms with E-state index in [1.807, 2.05) is 18.2 Å². The Morgan fingerprint density at radius 3 is 3.00 bits per heavy atom. The number of aromatic nitrogens is 1. The fourth-order valence-electron chi connectivity index (χ4n) is 1.14. The summed E-state index contributed by atoms with van der Waals surface area (Å²) in [5.41, 5.74) is 0. The zero-order valence-electron chi connectivity index (χ0n) is 9.00. The van der Waals surface area contributed by atoms with Gasteiger partial charge in [0.05, 0.1) is 0 Å². The van der Waals surface area contributed by atoms with Crippen LogP contribution < -0.4 is 5.32 Å². The van der Waals surface area contributed by atoms with E-state index in [4.69, 9.17) is 4.74 Å². The van der Waals surface area contributed by atoms with Gasteiger partial charge in [-0.1, -0.05) is 13.0 Å². The van der Waals surface area contributed by atoms with Gasteiger partial charge in [0.15, 0.2) is 0 Å². The summed E-state index contributed by atoms with van der Waals surface area (Å²) in [6, 6.07) is 5.83. The average Bonchev–Trinajstić information content (AvgIpc) is 2.23. The first-order chi connectivity index (χ1) is 7.33. The summed E-state index contributed by atoms with van der Waals surface area (Å²) in [7, 11) is 0. The van der Waals surface area contributed by atoms with E-state index in [-0.39, 0.29) is 0 Å². The zero-order valence-corrected chi connectivity index (χ0v) is 10.6. The molecule has 0 radical (unpaired) electrons. The van der Waals surface area contributed by atoms with Gasteiger partial charge in [-0.05, 0) is 40.9 Å². The molecule has 0 aliphatic carbocycles. The molecule has 0 aromatic carbocycles. The van der Waals surface area contributed by atoms with Crippen LogP contribution in [0, 0.1) is 0 Å². The molecule has 0 atom stereocenters. The van der Waals surface area contributed by atoms with Crippen molar-refractivity contribution in [3.05, 3.63) is 22.8 Å². The normalized spacial score (nSPS) is 10.3. The Hall–Kier alpha value is -0.610. The lowest BCUT2D eigenvalue weighted by atomic mass is 10.4. The van der Waals surface area contributed by atoms with E-state index in [1.165, 1.54) is 0 Å². The summed E-state index contributed by atoms with van der Waals surface area (Å²) < 4.78 is 6.23. The highest BCUT2D eigenvalue weighted by Crippen LogP contribution is 2.09. The minimum absolute atomic E-state index is 0.814. The highest BCUT2D eigenvalue weighted by Gasteiger charge is 1.94. The van der Waals surface area contributed by atoms with Gasteiger partial charge < -0.3 is 10.1 Å². The van der Waals surface area contributed by atoms with E-state index in [2.05, 4.69) is 33.2 Å². The molecule has 1 heterocycles. The molecule has 0 amide bonds. The van der Waals surface area contributed by atoms with Crippen LogP contribution in [-0.4, -0.2) is 24.7 Å². The lowest BCUT2D eigenvalue weighted by molar-refractivity contribution is 0.134. The molecule has 0 spiro atoms. The predicted molar refractivity (Wildman–Crippen MR) is 66.2 cm³/mol. The van der Waals surface area contributed by atoms with Crippen LogP contribution in [0.25, 0.3) is 0 Å². The van der Waals surface area contributed by atoms with Crippen molar-refractivity contribution in [3.63, 3.8) is 0 Å². The van der Waals surface area contributed by atoms with Crippen molar-refractivity contribution < 1.29 is 4.74 Å². The van der Waals surface area contributed by atoms with Crippen LogP contribution in [0.2, 0.25) is 0 Å². The molecule has 1 N–H and O–H groups in total. The van der Waals surface area contributed by atoms with Gasteiger partial charge in [0.1, 0.15) is 10.4 Å². The minimum atomic E-state index is 0.814. The maximum Gasteiger partial charge on any atom is 0.127 e.